The number of benzene rings is 2. The van der Waals surface area contributed by atoms with Crippen molar-refractivity contribution >= 4 is 34.5 Å². The molecule has 0 saturated heterocycles. The first-order valence-corrected chi connectivity index (χ1v) is 9.74. The van der Waals surface area contributed by atoms with Gasteiger partial charge < -0.3 is 10.1 Å². The van der Waals surface area contributed by atoms with E-state index < -0.39 is 0 Å². The Morgan fingerprint density at radius 1 is 1.18 bits per heavy atom. The molecular weight excluding hydrogens is 374 g/mol. The number of carbonyl (C=O) groups is 2. The zero-order valence-electron chi connectivity index (χ0n) is 15.6. The van der Waals surface area contributed by atoms with Crippen LogP contribution in [0, 0.1) is 13.8 Å². The average Bonchev–Trinajstić information content (AvgIpc) is 3.15. The van der Waals surface area contributed by atoms with Crippen molar-refractivity contribution in [1.29, 1.82) is 0 Å². The topological polar surface area (TPSA) is 71.5 Å². The highest BCUT2D eigenvalue weighted by atomic mass is 32.1. The van der Waals surface area contributed by atoms with Gasteiger partial charge in [0.15, 0.2) is 6.61 Å². The van der Waals surface area contributed by atoms with Crippen molar-refractivity contribution in [2.45, 2.75) is 20.4 Å². The van der Waals surface area contributed by atoms with Gasteiger partial charge in [0.1, 0.15) is 16.5 Å². The molecule has 28 heavy (non-hydrogen) atoms. The van der Waals surface area contributed by atoms with Crippen LogP contribution in [0.25, 0.3) is 0 Å². The van der Waals surface area contributed by atoms with Crippen molar-refractivity contribution < 1.29 is 14.3 Å². The molecule has 6 nitrogen and oxygen atoms in total. The quantitative estimate of drug-likeness (QED) is 0.729. The number of hydrogen-bond acceptors (Lipinski definition) is 5. The smallest absolute Gasteiger partial charge is 0.275 e. The summed E-state index contributed by atoms with van der Waals surface area (Å²) in [6.45, 7) is 4.28. The number of anilines is 2. The Morgan fingerprint density at radius 2 is 1.93 bits per heavy atom. The van der Waals surface area contributed by atoms with Crippen LogP contribution < -0.4 is 15.0 Å². The van der Waals surface area contributed by atoms with Gasteiger partial charge in [0.25, 0.3) is 11.8 Å². The second-order valence-electron chi connectivity index (χ2n) is 6.69. The summed E-state index contributed by atoms with van der Waals surface area (Å²) in [6.07, 6.45) is 0. The second-order valence-corrected chi connectivity index (χ2v) is 7.63. The van der Waals surface area contributed by atoms with E-state index in [4.69, 9.17) is 4.74 Å². The average molecular weight is 393 g/mol. The summed E-state index contributed by atoms with van der Waals surface area (Å²) in [6, 6.07) is 13.3. The third kappa shape index (κ3) is 3.75. The first kappa shape index (κ1) is 18.2. The van der Waals surface area contributed by atoms with E-state index in [1.54, 1.807) is 10.3 Å². The van der Waals surface area contributed by atoms with Gasteiger partial charge in [-0.2, -0.15) is 0 Å². The van der Waals surface area contributed by atoms with E-state index in [9.17, 15) is 9.59 Å². The SMILES string of the molecule is Cc1ccc(NC(=O)c2csc(CN3C(=O)COc4cc(C)ccc43)n2)cc1. The fourth-order valence-electron chi connectivity index (χ4n) is 2.94. The van der Waals surface area contributed by atoms with Crippen molar-refractivity contribution in [3.63, 3.8) is 0 Å². The van der Waals surface area contributed by atoms with E-state index in [1.165, 1.54) is 11.3 Å². The van der Waals surface area contributed by atoms with Crippen LogP contribution in [-0.4, -0.2) is 23.4 Å². The Labute approximate surface area is 166 Å². The van der Waals surface area contributed by atoms with Gasteiger partial charge in [-0.1, -0.05) is 23.8 Å². The largest absolute Gasteiger partial charge is 0.482 e. The maximum absolute atomic E-state index is 12.4. The highest BCUT2D eigenvalue weighted by Gasteiger charge is 2.26. The molecule has 3 aromatic rings. The minimum Gasteiger partial charge on any atom is -0.482 e. The number of aryl methyl sites for hydroxylation is 2. The molecule has 1 aliphatic rings. The fourth-order valence-corrected chi connectivity index (χ4v) is 3.70. The maximum Gasteiger partial charge on any atom is 0.275 e. The van der Waals surface area contributed by atoms with Gasteiger partial charge in [-0.25, -0.2) is 4.98 Å². The number of carbonyl (C=O) groups excluding carboxylic acids is 2. The monoisotopic (exact) mass is 393 g/mol. The molecule has 4 rings (SSSR count). The van der Waals surface area contributed by atoms with Crippen LogP contribution in [0.5, 0.6) is 5.75 Å². The van der Waals surface area contributed by atoms with E-state index in [1.807, 2.05) is 56.3 Å². The number of nitrogens with one attached hydrogen (secondary N) is 1. The fraction of sp³-hybridized carbons (Fsp3) is 0.190. The summed E-state index contributed by atoms with van der Waals surface area (Å²) in [7, 11) is 0. The number of nitrogens with zero attached hydrogens (tertiary/aromatic N) is 2. The van der Waals surface area contributed by atoms with Gasteiger partial charge in [0.05, 0.1) is 12.2 Å². The highest BCUT2D eigenvalue weighted by Crippen LogP contribution is 2.34. The van der Waals surface area contributed by atoms with Crippen molar-refractivity contribution in [2.75, 3.05) is 16.8 Å². The number of amides is 2. The summed E-state index contributed by atoms with van der Waals surface area (Å²) in [5.41, 5.74) is 3.97. The Kier molecular flexibility index (Phi) is 4.83. The molecule has 2 amide bonds. The number of hydrogen-bond donors (Lipinski definition) is 1. The minimum absolute atomic E-state index is 0.00258. The summed E-state index contributed by atoms with van der Waals surface area (Å²) >= 11 is 1.36. The molecule has 0 bridgehead atoms. The van der Waals surface area contributed by atoms with Crippen molar-refractivity contribution in [1.82, 2.24) is 4.98 Å². The standard InChI is InChI=1S/C21H19N3O3S/c1-13-3-6-15(7-4-13)22-21(26)16-12-28-19(23-16)10-24-17-8-5-14(2)9-18(17)27-11-20(24)25/h3-9,12H,10-11H2,1-2H3,(H,22,26). The zero-order chi connectivity index (χ0) is 19.7. The molecule has 0 saturated carbocycles. The number of thiazole rings is 1. The van der Waals surface area contributed by atoms with E-state index >= 15 is 0 Å². The molecule has 1 aliphatic heterocycles. The lowest BCUT2D eigenvalue weighted by Gasteiger charge is -2.28. The molecule has 1 N–H and O–H groups in total. The van der Waals surface area contributed by atoms with E-state index in [0.29, 0.717) is 23.0 Å². The summed E-state index contributed by atoms with van der Waals surface area (Å²) in [5, 5.41) is 5.24. The number of aromatic nitrogens is 1. The molecule has 0 spiro atoms. The van der Waals surface area contributed by atoms with Crippen LogP contribution in [0.1, 0.15) is 26.6 Å². The van der Waals surface area contributed by atoms with E-state index in [0.717, 1.165) is 22.5 Å². The van der Waals surface area contributed by atoms with Crippen LogP contribution in [0.15, 0.2) is 47.8 Å². The lowest BCUT2D eigenvalue weighted by atomic mass is 10.1. The van der Waals surface area contributed by atoms with Gasteiger partial charge >= 0.3 is 0 Å². The Balaban J connectivity index is 1.50. The molecule has 2 aromatic carbocycles. The van der Waals surface area contributed by atoms with Gasteiger partial charge in [0.2, 0.25) is 0 Å². The Bertz CT molecular complexity index is 1040. The molecule has 2 heterocycles. The summed E-state index contributed by atoms with van der Waals surface area (Å²) in [4.78, 5) is 30.9. The molecule has 0 radical (unpaired) electrons. The summed E-state index contributed by atoms with van der Waals surface area (Å²) < 4.78 is 5.53. The first-order valence-electron chi connectivity index (χ1n) is 8.86. The lowest BCUT2D eigenvalue weighted by Crippen LogP contribution is -2.38. The minimum atomic E-state index is -0.268. The second kappa shape index (κ2) is 7.44. The van der Waals surface area contributed by atoms with E-state index in [2.05, 4.69) is 10.3 Å². The molecule has 0 unspecified atom stereocenters. The number of ether oxygens (including phenoxy) is 1. The molecule has 142 valence electrons. The van der Waals surface area contributed by atoms with Crippen LogP contribution >= 0.6 is 11.3 Å². The van der Waals surface area contributed by atoms with Crippen LogP contribution in [0.4, 0.5) is 11.4 Å². The first-order chi connectivity index (χ1) is 13.5. The van der Waals surface area contributed by atoms with Crippen LogP contribution in [0.2, 0.25) is 0 Å². The van der Waals surface area contributed by atoms with Crippen LogP contribution in [0.3, 0.4) is 0 Å². The highest BCUT2D eigenvalue weighted by molar-refractivity contribution is 7.09. The zero-order valence-corrected chi connectivity index (χ0v) is 16.4. The third-order valence-corrected chi connectivity index (χ3v) is 5.28. The number of rotatable bonds is 4. The van der Waals surface area contributed by atoms with Gasteiger partial charge in [-0.05, 0) is 43.7 Å². The number of fused-ring (bicyclic) bond motifs is 1. The van der Waals surface area contributed by atoms with E-state index in [-0.39, 0.29) is 18.4 Å². The summed E-state index contributed by atoms with van der Waals surface area (Å²) in [5.74, 6) is 0.293. The normalized spacial score (nSPS) is 13.1. The van der Waals surface area contributed by atoms with Crippen molar-refractivity contribution in [3.8, 4) is 5.75 Å². The molecular formula is C21H19N3O3S. The molecule has 0 fully saturated rings. The molecule has 7 heteroatoms. The maximum atomic E-state index is 12.4. The predicted octanol–water partition coefficient (Wildman–Crippen LogP) is 3.94. The predicted molar refractivity (Wildman–Crippen MR) is 109 cm³/mol. The Morgan fingerprint density at radius 3 is 2.71 bits per heavy atom. The van der Waals surface area contributed by atoms with Gasteiger partial charge in [-0.15, -0.1) is 11.3 Å². The third-order valence-electron chi connectivity index (χ3n) is 4.45. The van der Waals surface area contributed by atoms with Crippen molar-refractivity contribution in [3.05, 3.63) is 69.7 Å². The molecule has 1 aromatic heterocycles. The molecule has 0 atom stereocenters. The van der Waals surface area contributed by atoms with Gasteiger partial charge in [0, 0.05) is 11.1 Å². The van der Waals surface area contributed by atoms with Crippen LogP contribution in [-0.2, 0) is 11.3 Å². The molecule has 0 aliphatic carbocycles. The van der Waals surface area contributed by atoms with Crippen molar-refractivity contribution in [2.24, 2.45) is 0 Å². The van der Waals surface area contributed by atoms with Gasteiger partial charge in [-0.3, -0.25) is 14.5 Å². The lowest BCUT2D eigenvalue weighted by molar-refractivity contribution is -0.121. The Hall–Kier alpha value is -3.19.